The number of rotatable bonds is 10. The van der Waals surface area contributed by atoms with Gasteiger partial charge in [0.2, 0.25) is 0 Å². The number of nitrogens with zero attached hydrogens (tertiary/aromatic N) is 3. The van der Waals surface area contributed by atoms with Crippen molar-refractivity contribution in [1.82, 2.24) is 14.2 Å². The average Bonchev–Trinajstić information content (AvgIpc) is 2.91. The van der Waals surface area contributed by atoms with E-state index in [1.807, 2.05) is 6.07 Å². The number of likely N-dealkylation sites (tertiary alicyclic amines) is 1. The molecule has 0 bridgehead atoms. The summed E-state index contributed by atoms with van der Waals surface area (Å²) < 4.78 is 1.46. The van der Waals surface area contributed by atoms with E-state index in [9.17, 15) is 4.79 Å². The molecule has 0 atom stereocenters. The van der Waals surface area contributed by atoms with Crippen molar-refractivity contribution >= 4 is 24.5 Å². The lowest BCUT2D eigenvalue weighted by Crippen LogP contribution is -2.37. The maximum Gasteiger partial charge on any atom is 0.331 e. The Balaban J connectivity index is 1.17. The average molecular weight is 489 g/mol. The van der Waals surface area contributed by atoms with E-state index in [1.165, 1.54) is 41.1 Å². The first-order valence-electron chi connectivity index (χ1n) is 12.7. The van der Waals surface area contributed by atoms with Crippen LogP contribution in [0.3, 0.4) is 0 Å². The molecular weight excluding hydrogens is 452 g/mol. The first-order chi connectivity index (χ1) is 17.2. The van der Waals surface area contributed by atoms with Gasteiger partial charge < -0.3 is 5.32 Å². The molecule has 6 heteroatoms. The molecule has 2 aromatic carbocycles. The summed E-state index contributed by atoms with van der Waals surface area (Å²) in [6.45, 7) is 2.92. The van der Waals surface area contributed by atoms with Gasteiger partial charge in [-0.15, -0.1) is 0 Å². The van der Waals surface area contributed by atoms with E-state index in [-0.39, 0.29) is 6.03 Å². The van der Waals surface area contributed by atoms with Gasteiger partial charge in [0.25, 0.3) is 0 Å². The second kappa shape index (κ2) is 13.3. The Bertz CT molecular complexity index is 971. The fraction of sp³-hybridized carbons (Fsp3) is 0.379. The summed E-state index contributed by atoms with van der Waals surface area (Å²) in [4.78, 5) is 18.9. The first-order valence-corrected chi connectivity index (χ1v) is 13.1. The quantitative estimate of drug-likeness (QED) is 0.243. The van der Waals surface area contributed by atoms with Crippen molar-refractivity contribution in [2.75, 3.05) is 25.0 Å². The minimum absolute atomic E-state index is 0.208. The summed E-state index contributed by atoms with van der Waals surface area (Å²) in [7, 11) is 0. The van der Waals surface area contributed by atoms with Crippen LogP contribution in [0.15, 0.2) is 85.2 Å². The Morgan fingerprint density at radius 3 is 2.20 bits per heavy atom. The number of thiol groups is 1. The zero-order chi connectivity index (χ0) is 24.3. The van der Waals surface area contributed by atoms with Gasteiger partial charge in [-0.05, 0) is 61.5 Å². The second-order valence-electron chi connectivity index (χ2n) is 9.35. The molecule has 1 saturated heterocycles. The van der Waals surface area contributed by atoms with Crippen molar-refractivity contribution in [3.05, 3.63) is 96.3 Å². The maximum atomic E-state index is 12.2. The SMILES string of the molecule is O=C(Nc1cccnc1)N(S)CCCCCC1CCN(C(c2ccccc2)c2ccccc2)CC1. The van der Waals surface area contributed by atoms with E-state index >= 15 is 0 Å². The van der Waals surface area contributed by atoms with Crippen LogP contribution < -0.4 is 5.32 Å². The number of aromatic nitrogens is 1. The van der Waals surface area contributed by atoms with Gasteiger partial charge in [-0.2, -0.15) is 0 Å². The summed E-state index contributed by atoms with van der Waals surface area (Å²) >= 11 is 4.34. The molecule has 1 aliphatic rings. The number of hydrogen-bond acceptors (Lipinski definition) is 4. The first kappa shape index (κ1) is 25.3. The van der Waals surface area contributed by atoms with Crippen LogP contribution in [0.5, 0.6) is 0 Å². The molecule has 0 aliphatic carbocycles. The molecule has 2 heterocycles. The minimum atomic E-state index is -0.208. The van der Waals surface area contributed by atoms with Crippen LogP contribution in [0.25, 0.3) is 0 Å². The summed E-state index contributed by atoms with van der Waals surface area (Å²) in [6.07, 6.45) is 10.4. The topological polar surface area (TPSA) is 48.5 Å². The van der Waals surface area contributed by atoms with E-state index in [0.717, 1.165) is 31.8 Å². The van der Waals surface area contributed by atoms with Crippen LogP contribution in [0.1, 0.15) is 55.7 Å². The highest BCUT2D eigenvalue weighted by Gasteiger charge is 2.27. The van der Waals surface area contributed by atoms with Crippen LogP contribution in [0.2, 0.25) is 0 Å². The molecule has 4 rings (SSSR count). The molecular formula is C29H36N4OS. The molecule has 1 aromatic heterocycles. The maximum absolute atomic E-state index is 12.2. The van der Waals surface area contributed by atoms with Gasteiger partial charge in [0.15, 0.2) is 0 Å². The Kier molecular flexibility index (Phi) is 9.61. The van der Waals surface area contributed by atoms with Crippen molar-refractivity contribution in [3.8, 4) is 0 Å². The number of pyridine rings is 1. The number of carbonyl (C=O) groups is 1. The predicted molar refractivity (Wildman–Crippen MR) is 146 cm³/mol. The van der Waals surface area contributed by atoms with Gasteiger partial charge in [0, 0.05) is 12.7 Å². The number of hydrogen-bond donors (Lipinski definition) is 2. The van der Waals surface area contributed by atoms with E-state index in [2.05, 4.69) is 88.7 Å². The summed E-state index contributed by atoms with van der Waals surface area (Å²) in [5, 5.41) is 2.81. The normalized spacial score (nSPS) is 14.7. The van der Waals surface area contributed by atoms with Crippen LogP contribution in [0.4, 0.5) is 10.5 Å². The smallest absolute Gasteiger partial charge is 0.306 e. The molecule has 2 amide bonds. The standard InChI is InChI=1S/C29H36N4OS/c34-29(31-27-16-10-19-30-23-27)33(35)20-9-3-4-11-24-17-21-32(22-18-24)28(25-12-5-1-6-13-25)26-14-7-2-8-15-26/h1-2,5-8,10,12-16,19,23-24,28,35H,3-4,9,11,17-18,20-22H2,(H,31,34). The van der Waals surface area contributed by atoms with Crippen LogP contribution in [0, 0.1) is 5.92 Å². The highest BCUT2D eigenvalue weighted by molar-refractivity contribution is 7.78. The fourth-order valence-electron chi connectivity index (χ4n) is 4.98. The van der Waals surface area contributed by atoms with Crippen LogP contribution in [-0.2, 0) is 0 Å². The van der Waals surface area contributed by atoms with Crippen molar-refractivity contribution in [3.63, 3.8) is 0 Å². The van der Waals surface area contributed by atoms with Gasteiger partial charge in [0.1, 0.15) is 0 Å². The monoisotopic (exact) mass is 488 g/mol. The highest BCUT2D eigenvalue weighted by Crippen LogP contribution is 2.33. The largest absolute Gasteiger partial charge is 0.331 e. The Hall–Kier alpha value is -2.83. The molecule has 3 aromatic rings. The van der Waals surface area contributed by atoms with Gasteiger partial charge in [0.05, 0.1) is 17.9 Å². The number of amides is 2. The molecule has 0 unspecified atom stereocenters. The third-order valence-electron chi connectivity index (χ3n) is 6.87. The Morgan fingerprint density at radius 1 is 0.943 bits per heavy atom. The molecule has 5 nitrogen and oxygen atoms in total. The van der Waals surface area contributed by atoms with Gasteiger partial charge in [-0.3, -0.25) is 14.2 Å². The van der Waals surface area contributed by atoms with Crippen LogP contribution >= 0.6 is 12.8 Å². The van der Waals surface area contributed by atoms with Crippen molar-refractivity contribution in [1.29, 1.82) is 0 Å². The number of piperidine rings is 1. The lowest BCUT2D eigenvalue weighted by atomic mass is 9.88. The third-order valence-corrected chi connectivity index (χ3v) is 7.26. The molecule has 184 valence electrons. The number of nitrogens with one attached hydrogen (secondary N) is 1. The summed E-state index contributed by atoms with van der Waals surface area (Å²) in [6, 6.07) is 25.5. The zero-order valence-electron chi connectivity index (χ0n) is 20.3. The molecule has 1 fully saturated rings. The van der Waals surface area contributed by atoms with Gasteiger partial charge in [-0.25, -0.2) is 4.79 Å². The molecule has 1 N–H and O–H groups in total. The van der Waals surface area contributed by atoms with E-state index < -0.39 is 0 Å². The lowest BCUT2D eigenvalue weighted by Gasteiger charge is -2.38. The molecule has 0 radical (unpaired) electrons. The van der Waals surface area contributed by atoms with Gasteiger partial charge >= 0.3 is 6.03 Å². The number of unbranched alkanes of at least 4 members (excludes halogenated alkanes) is 2. The second-order valence-corrected chi connectivity index (χ2v) is 9.83. The lowest BCUT2D eigenvalue weighted by molar-refractivity contribution is 0.145. The van der Waals surface area contributed by atoms with Crippen molar-refractivity contribution in [2.24, 2.45) is 5.92 Å². The van der Waals surface area contributed by atoms with Crippen LogP contribution in [-0.4, -0.2) is 39.9 Å². The predicted octanol–water partition coefficient (Wildman–Crippen LogP) is 6.82. The Labute approximate surface area is 215 Å². The zero-order valence-corrected chi connectivity index (χ0v) is 21.2. The molecule has 0 spiro atoms. The van der Waals surface area contributed by atoms with E-state index in [4.69, 9.17) is 0 Å². The number of urea groups is 1. The molecule has 0 saturated carbocycles. The van der Waals surface area contributed by atoms with E-state index in [1.54, 1.807) is 18.5 Å². The molecule has 35 heavy (non-hydrogen) atoms. The fourth-order valence-corrected chi connectivity index (χ4v) is 5.17. The van der Waals surface area contributed by atoms with Gasteiger partial charge in [-0.1, -0.05) is 92.7 Å². The number of carbonyl (C=O) groups excluding carboxylic acids is 1. The molecule has 1 aliphatic heterocycles. The van der Waals surface area contributed by atoms with Crippen molar-refractivity contribution < 1.29 is 4.79 Å². The highest BCUT2D eigenvalue weighted by atomic mass is 32.1. The number of anilines is 1. The number of benzene rings is 2. The third kappa shape index (κ3) is 7.58. The summed E-state index contributed by atoms with van der Waals surface area (Å²) in [5.74, 6) is 0.791. The summed E-state index contributed by atoms with van der Waals surface area (Å²) in [5.41, 5.74) is 3.44. The minimum Gasteiger partial charge on any atom is -0.306 e. The Morgan fingerprint density at radius 2 is 1.60 bits per heavy atom. The van der Waals surface area contributed by atoms with E-state index in [0.29, 0.717) is 18.3 Å². The van der Waals surface area contributed by atoms with Crippen molar-refractivity contribution in [2.45, 2.75) is 44.6 Å².